The van der Waals surface area contributed by atoms with Gasteiger partial charge in [0.05, 0.1) is 0 Å². The molecule has 0 spiro atoms. The molecule has 2 heterocycles. The van der Waals surface area contributed by atoms with E-state index in [-0.39, 0.29) is 0 Å². The van der Waals surface area contributed by atoms with Crippen LogP contribution in [0.3, 0.4) is 0 Å². The quantitative estimate of drug-likeness (QED) is 0.845. The molecule has 0 bridgehead atoms. The molecule has 0 atom stereocenters. The highest BCUT2D eigenvalue weighted by molar-refractivity contribution is 5.51. The molecule has 1 fully saturated rings. The van der Waals surface area contributed by atoms with Crippen molar-refractivity contribution >= 4 is 5.69 Å². The van der Waals surface area contributed by atoms with Crippen molar-refractivity contribution in [3.63, 3.8) is 0 Å². The van der Waals surface area contributed by atoms with Gasteiger partial charge in [0.25, 0.3) is 0 Å². The van der Waals surface area contributed by atoms with E-state index in [0.717, 1.165) is 26.2 Å². The highest BCUT2D eigenvalue weighted by atomic mass is 15.2. The van der Waals surface area contributed by atoms with Crippen molar-refractivity contribution in [1.29, 1.82) is 0 Å². The maximum Gasteiger partial charge on any atom is 0.0450 e. The summed E-state index contributed by atoms with van der Waals surface area (Å²) >= 11 is 0. The fourth-order valence-corrected chi connectivity index (χ4v) is 2.27. The van der Waals surface area contributed by atoms with Crippen molar-refractivity contribution in [3.8, 4) is 5.69 Å². The SMILES string of the molecule is c1ccn(-c2ccc(N3CCNCC3)cc2)c1. The molecule has 88 valence electrons. The molecule has 17 heavy (non-hydrogen) atoms. The van der Waals surface area contributed by atoms with E-state index in [4.69, 9.17) is 0 Å². The molecule has 3 rings (SSSR count). The van der Waals surface area contributed by atoms with Crippen LogP contribution in [0.15, 0.2) is 48.8 Å². The van der Waals surface area contributed by atoms with Crippen LogP contribution in [0.4, 0.5) is 5.69 Å². The van der Waals surface area contributed by atoms with Crippen LogP contribution in [-0.4, -0.2) is 30.7 Å². The van der Waals surface area contributed by atoms with Crippen LogP contribution in [0.1, 0.15) is 0 Å². The first-order chi connectivity index (χ1) is 8.43. The van der Waals surface area contributed by atoms with Crippen molar-refractivity contribution < 1.29 is 0 Å². The Hall–Kier alpha value is -1.74. The number of nitrogens with one attached hydrogen (secondary N) is 1. The lowest BCUT2D eigenvalue weighted by atomic mass is 10.2. The third-order valence-electron chi connectivity index (χ3n) is 3.23. The average molecular weight is 227 g/mol. The van der Waals surface area contributed by atoms with Gasteiger partial charge < -0.3 is 14.8 Å². The summed E-state index contributed by atoms with van der Waals surface area (Å²) in [7, 11) is 0. The fourth-order valence-electron chi connectivity index (χ4n) is 2.27. The zero-order valence-electron chi connectivity index (χ0n) is 9.84. The highest BCUT2D eigenvalue weighted by Gasteiger charge is 2.09. The van der Waals surface area contributed by atoms with Crippen molar-refractivity contribution in [1.82, 2.24) is 9.88 Å². The fraction of sp³-hybridized carbons (Fsp3) is 0.286. The molecule has 1 aromatic heterocycles. The van der Waals surface area contributed by atoms with E-state index >= 15 is 0 Å². The molecular weight excluding hydrogens is 210 g/mol. The van der Waals surface area contributed by atoms with Crippen LogP contribution in [-0.2, 0) is 0 Å². The zero-order chi connectivity index (χ0) is 11.5. The lowest BCUT2D eigenvalue weighted by molar-refractivity contribution is 0.589. The number of hydrogen-bond acceptors (Lipinski definition) is 2. The summed E-state index contributed by atoms with van der Waals surface area (Å²) in [5.74, 6) is 0. The van der Waals surface area contributed by atoms with Gasteiger partial charge in [-0.2, -0.15) is 0 Å². The highest BCUT2D eigenvalue weighted by Crippen LogP contribution is 2.17. The van der Waals surface area contributed by atoms with Crippen LogP contribution in [0.25, 0.3) is 5.69 Å². The molecule has 1 saturated heterocycles. The Morgan fingerprint density at radius 1 is 0.824 bits per heavy atom. The van der Waals surface area contributed by atoms with Gasteiger partial charge in [0.1, 0.15) is 0 Å². The van der Waals surface area contributed by atoms with E-state index < -0.39 is 0 Å². The Kier molecular flexibility index (Phi) is 2.84. The number of anilines is 1. The first-order valence-corrected chi connectivity index (χ1v) is 6.12. The van der Waals surface area contributed by atoms with Gasteiger partial charge in [-0.15, -0.1) is 0 Å². The Morgan fingerprint density at radius 2 is 1.41 bits per heavy atom. The smallest absolute Gasteiger partial charge is 0.0450 e. The zero-order valence-corrected chi connectivity index (χ0v) is 9.84. The van der Waals surface area contributed by atoms with E-state index in [0.29, 0.717) is 0 Å². The summed E-state index contributed by atoms with van der Waals surface area (Å²) in [5, 5.41) is 3.37. The Labute approximate surface area is 102 Å². The first kappa shape index (κ1) is 10.4. The number of hydrogen-bond donors (Lipinski definition) is 1. The molecule has 1 N–H and O–H groups in total. The standard InChI is InChI=1S/C14H17N3/c1-2-10-16(9-1)13-3-5-14(6-4-13)17-11-7-15-8-12-17/h1-6,9-10,15H,7-8,11-12H2. The van der Waals surface area contributed by atoms with Crippen molar-refractivity contribution in [3.05, 3.63) is 48.8 Å². The van der Waals surface area contributed by atoms with Gasteiger partial charge >= 0.3 is 0 Å². The van der Waals surface area contributed by atoms with E-state index in [1.54, 1.807) is 0 Å². The van der Waals surface area contributed by atoms with Gasteiger partial charge in [0, 0.05) is 49.9 Å². The van der Waals surface area contributed by atoms with Crippen LogP contribution < -0.4 is 10.2 Å². The molecule has 1 aliphatic rings. The van der Waals surface area contributed by atoms with Crippen LogP contribution >= 0.6 is 0 Å². The molecule has 1 aliphatic heterocycles. The molecule has 0 unspecified atom stereocenters. The molecule has 2 aromatic rings. The van der Waals surface area contributed by atoms with Gasteiger partial charge in [-0.25, -0.2) is 0 Å². The number of rotatable bonds is 2. The summed E-state index contributed by atoms with van der Waals surface area (Å²) in [6.07, 6.45) is 4.14. The molecular formula is C14H17N3. The Bertz CT molecular complexity index is 453. The van der Waals surface area contributed by atoms with Crippen molar-refractivity contribution in [2.75, 3.05) is 31.1 Å². The summed E-state index contributed by atoms with van der Waals surface area (Å²) in [6, 6.07) is 12.9. The molecule has 0 saturated carbocycles. The summed E-state index contributed by atoms with van der Waals surface area (Å²) in [4.78, 5) is 2.43. The van der Waals surface area contributed by atoms with Crippen molar-refractivity contribution in [2.24, 2.45) is 0 Å². The van der Waals surface area contributed by atoms with Gasteiger partial charge in [-0.1, -0.05) is 0 Å². The number of piperazine rings is 1. The third-order valence-corrected chi connectivity index (χ3v) is 3.23. The van der Waals surface area contributed by atoms with Crippen LogP contribution in [0.2, 0.25) is 0 Å². The average Bonchev–Trinajstić information content (AvgIpc) is 2.94. The van der Waals surface area contributed by atoms with Crippen LogP contribution in [0, 0.1) is 0 Å². The van der Waals surface area contributed by atoms with Crippen molar-refractivity contribution in [2.45, 2.75) is 0 Å². The second kappa shape index (κ2) is 4.63. The number of nitrogens with zero attached hydrogens (tertiary/aromatic N) is 2. The second-order valence-corrected chi connectivity index (χ2v) is 4.34. The topological polar surface area (TPSA) is 20.2 Å². The van der Waals surface area contributed by atoms with Gasteiger partial charge in [0.15, 0.2) is 0 Å². The molecule has 0 aliphatic carbocycles. The first-order valence-electron chi connectivity index (χ1n) is 6.12. The van der Waals surface area contributed by atoms with E-state index in [9.17, 15) is 0 Å². The largest absolute Gasteiger partial charge is 0.369 e. The number of benzene rings is 1. The maximum absolute atomic E-state index is 3.37. The third kappa shape index (κ3) is 2.19. The summed E-state index contributed by atoms with van der Waals surface area (Å²) in [5.41, 5.74) is 2.54. The van der Waals surface area contributed by atoms with Crippen LogP contribution in [0.5, 0.6) is 0 Å². The van der Waals surface area contributed by atoms with Gasteiger partial charge in [0.2, 0.25) is 0 Å². The van der Waals surface area contributed by atoms with E-state index in [1.165, 1.54) is 11.4 Å². The number of aromatic nitrogens is 1. The minimum Gasteiger partial charge on any atom is -0.369 e. The lowest BCUT2D eigenvalue weighted by Crippen LogP contribution is -2.43. The molecule has 3 heteroatoms. The van der Waals surface area contributed by atoms with E-state index in [2.05, 4.69) is 51.4 Å². The second-order valence-electron chi connectivity index (χ2n) is 4.34. The predicted octanol–water partition coefficient (Wildman–Crippen LogP) is 1.89. The van der Waals surface area contributed by atoms with Gasteiger partial charge in [-0.05, 0) is 36.4 Å². The van der Waals surface area contributed by atoms with E-state index in [1.807, 2.05) is 12.1 Å². The lowest BCUT2D eigenvalue weighted by Gasteiger charge is -2.29. The predicted molar refractivity (Wildman–Crippen MR) is 70.9 cm³/mol. The molecule has 0 amide bonds. The minimum atomic E-state index is 1.08. The Morgan fingerprint density at radius 3 is 2.06 bits per heavy atom. The molecule has 0 radical (unpaired) electrons. The Balaban J connectivity index is 1.80. The summed E-state index contributed by atoms with van der Waals surface area (Å²) in [6.45, 7) is 4.37. The molecule has 1 aromatic carbocycles. The maximum atomic E-state index is 3.37. The monoisotopic (exact) mass is 227 g/mol. The minimum absolute atomic E-state index is 1.08. The molecule has 3 nitrogen and oxygen atoms in total. The summed E-state index contributed by atoms with van der Waals surface area (Å²) < 4.78 is 2.13. The van der Waals surface area contributed by atoms with Gasteiger partial charge in [-0.3, -0.25) is 0 Å². The normalized spacial score (nSPS) is 16.1.